The molecule has 2 heterocycles. The second-order valence-corrected chi connectivity index (χ2v) is 5.58. The van der Waals surface area contributed by atoms with E-state index in [1.54, 1.807) is 30.3 Å². The summed E-state index contributed by atoms with van der Waals surface area (Å²) in [6, 6.07) is 7.26. The van der Waals surface area contributed by atoms with Gasteiger partial charge in [0.2, 0.25) is 5.95 Å². The van der Waals surface area contributed by atoms with Crippen LogP contribution in [0.3, 0.4) is 0 Å². The minimum Gasteiger partial charge on any atom is -0.494 e. The predicted molar refractivity (Wildman–Crippen MR) is 99.8 cm³/mol. The van der Waals surface area contributed by atoms with Crippen molar-refractivity contribution in [3.63, 3.8) is 0 Å². The van der Waals surface area contributed by atoms with Crippen molar-refractivity contribution < 1.29 is 9.84 Å². The van der Waals surface area contributed by atoms with Crippen LogP contribution >= 0.6 is 0 Å². The Kier molecular flexibility index (Phi) is 5.57. The number of ether oxygens (including phenoxy) is 1. The van der Waals surface area contributed by atoms with E-state index in [1.165, 1.54) is 0 Å². The molecule has 0 aliphatic heterocycles. The van der Waals surface area contributed by atoms with Crippen molar-refractivity contribution in [1.29, 1.82) is 5.53 Å². The lowest BCUT2D eigenvalue weighted by molar-refractivity contribution is 0.267. The number of para-hydroxylation sites is 1. The first-order valence-corrected chi connectivity index (χ1v) is 8.21. The van der Waals surface area contributed by atoms with Gasteiger partial charge in [-0.25, -0.2) is 15.5 Å². The smallest absolute Gasteiger partial charge is 0.221 e. The molecule has 0 aliphatic carbocycles. The normalized spacial score (nSPS) is 11.6. The first kappa shape index (κ1) is 18.3. The number of nitrogens with zero attached hydrogens (tertiary/aromatic N) is 5. The Hall–Kier alpha value is -3.53. The highest BCUT2D eigenvalue weighted by molar-refractivity contribution is 5.93. The van der Waals surface area contributed by atoms with Crippen LogP contribution in [0.5, 0.6) is 5.75 Å². The summed E-state index contributed by atoms with van der Waals surface area (Å²) in [6.07, 6.45) is 3.25. The highest BCUT2D eigenvalue weighted by Crippen LogP contribution is 2.29. The van der Waals surface area contributed by atoms with E-state index >= 15 is 0 Å². The van der Waals surface area contributed by atoms with Gasteiger partial charge in [0.05, 0.1) is 32.5 Å². The molecule has 1 aromatic carbocycles. The van der Waals surface area contributed by atoms with Gasteiger partial charge in [-0.15, -0.1) is 0 Å². The highest BCUT2D eigenvalue weighted by atomic mass is 16.5. The van der Waals surface area contributed by atoms with Crippen LogP contribution < -0.4 is 15.8 Å². The fourth-order valence-corrected chi connectivity index (χ4v) is 2.72. The van der Waals surface area contributed by atoms with E-state index < -0.39 is 0 Å². The molecule has 2 aromatic heterocycles. The quantitative estimate of drug-likeness (QED) is 0.441. The van der Waals surface area contributed by atoms with Crippen LogP contribution in [0.4, 0.5) is 5.95 Å². The van der Waals surface area contributed by atoms with Crippen LogP contribution in [0, 0.1) is 5.53 Å². The predicted octanol–water partition coefficient (Wildman–Crippen LogP) is 1.53. The maximum Gasteiger partial charge on any atom is 0.221 e. The zero-order valence-corrected chi connectivity index (χ0v) is 14.8. The van der Waals surface area contributed by atoms with Gasteiger partial charge in [0.1, 0.15) is 22.7 Å². The van der Waals surface area contributed by atoms with Gasteiger partial charge in [-0.05, 0) is 12.1 Å². The van der Waals surface area contributed by atoms with Gasteiger partial charge in [0.25, 0.3) is 0 Å². The Balaban J connectivity index is 1.92. The molecule has 3 rings (SSSR count). The molecule has 10 heteroatoms. The minimum atomic E-state index is 0.00581. The number of aliphatic hydroxyl groups is 1. The number of aliphatic hydroxyl groups excluding tert-OH is 1. The van der Waals surface area contributed by atoms with E-state index in [1.807, 2.05) is 18.2 Å². The largest absolute Gasteiger partial charge is 0.494 e. The van der Waals surface area contributed by atoms with E-state index in [0.29, 0.717) is 41.1 Å². The average Bonchev–Trinajstić information content (AvgIpc) is 3.11. The third kappa shape index (κ3) is 3.85. The third-order valence-corrected chi connectivity index (χ3v) is 3.93. The van der Waals surface area contributed by atoms with Gasteiger partial charge in [-0.3, -0.25) is 4.68 Å². The summed E-state index contributed by atoms with van der Waals surface area (Å²) in [6.45, 7) is 0.864. The first-order chi connectivity index (χ1) is 13.2. The Morgan fingerprint density at radius 1 is 1.41 bits per heavy atom. The van der Waals surface area contributed by atoms with Crippen molar-refractivity contribution in [3.05, 3.63) is 48.1 Å². The highest BCUT2D eigenvalue weighted by Gasteiger charge is 2.14. The number of benzene rings is 1. The zero-order chi connectivity index (χ0) is 19.2. The zero-order valence-electron chi connectivity index (χ0n) is 14.8. The molecule has 0 atom stereocenters. The van der Waals surface area contributed by atoms with Crippen molar-refractivity contribution >= 4 is 22.5 Å². The number of hydrogen-bond donors (Lipinski definition) is 4. The number of nitrogens with two attached hydrogens (primary N) is 1. The fourth-order valence-electron chi connectivity index (χ4n) is 2.72. The van der Waals surface area contributed by atoms with E-state index in [2.05, 4.69) is 25.5 Å². The molecule has 0 bridgehead atoms. The van der Waals surface area contributed by atoms with Crippen molar-refractivity contribution in [1.82, 2.24) is 25.1 Å². The average molecular weight is 368 g/mol. The van der Waals surface area contributed by atoms with E-state index in [0.717, 1.165) is 5.69 Å². The van der Waals surface area contributed by atoms with E-state index in [4.69, 9.17) is 21.1 Å². The second kappa shape index (κ2) is 8.23. The molecule has 0 aliphatic rings. The molecule has 5 N–H and O–H groups in total. The lowest BCUT2D eigenvalue weighted by Crippen LogP contribution is -2.14. The molecule has 10 nitrogen and oxygen atoms in total. The van der Waals surface area contributed by atoms with Crippen molar-refractivity contribution in [2.45, 2.75) is 13.1 Å². The number of fused-ring (bicyclic) bond motifs is 1. The number of nitrogen functional groups attached to an aromatic ring is 1. The molecule has 0 fully saturated rings. The molecule has 0 unspecified atom stereocenters. The van der Waals surface area contributed by atoms with Crippen molar-refractivity contribution in [3.8, 4) is 5.75 Å². The lowest BCUT2D eigenvalue weighted by Gasteiger charge is -2.10. The molecule has 0 saturated heterocycles. The Morgan fingerprint density at radius 3 is 3.00 bits per heavy atom. The Bertz CT molecular complexity index is 982. The topological polar surface area (TPSA) is 147 Å². The first-order valence-electron chi connectivity index (χ1n) is 8.21. The molecule has 3 aromatic rings. The number of rotatable bonds is 8. The van der Waals surface area contributed by atoms with Crippen LogP contribution in [-0.4, -0.2) is 38.6 Å². The fraction of sp³-hybridized carbons (Fsp3) is 0.235. The van der Waals surface area contributed by atoms with E-state index in [9.17, 15) is 0 Å². The summed E-state index contributed by atoms with van der Waals surface area (Å²) in [7, 11) is 1.55. The molecular weight excluding hydrogens is 348 g/mol. The van der Waals surface area contributed by atoms with Crippen LogP contribution in [0.1, 0.15) is 11.4 Å². The number of aromatic nitrogens is 4. The summed E-state index contributed by atoms with van der Waals surface area (Å²) < 4.78 is 7.02. The van der Waals surface area contributed by atoms with Crippen LogP contribution in [0.15, 0.2) is 41.8 Å². The Morgan fingerprint density at radius 2 is 2.26 bits per heavy atom. The molecule has 0 radical (unpaired) electrons. The van der Waals surface area contributed by atoms with Gasteiger partial charge in [0, 0.05) is 17.8 Å². The van der Waals surface area contributed by atoms with Crippen LogP contribution in [-0.2, 0) is 13.1 Å². The number of nitrogens with one attached hydrogen (secondary N) is 2. The van der Waals surface area contributed by atoms with Gasteiger partial charge < -0.3 is 20.9 Å². The van der Waals surface area contributed by atoms with Crippen LogP contribution in [0.25, 0.3) is 16.6 Å². The van der Waals surface area contributed by atoms with Crippen molar-refractivity contribution in [2.24, 2.45) is 5.11 Å². The van der Waals surface area contributed by atoms with Gasteiger partial charge in [-0.1, -0.05) is 12.1 Å². The monoisotopic (exact) mass is 368 g/mol. The third-order valence-electron chi connectivity index (χ3n) is 3.93. The Labute approximate surface area is 155 Å². The number of methoxy groups -OCH3 is 1. The van der Waals surface area contributed by atoms with Crippen molar-refractivity contribution in [2.75, 3.05) is 19.5 Å². The summed E-state index contributed by atoms with van der Waals surface area (Å²) in [5, 5.41) is 20.6. The van der Waals surface area contributed by atoms with E-state index in [-0.39, 0.29) is 12.6 Å². The van der Waals surface area contributed by atoms with Crippen LogP contribution in [0.2, 0.25) is 0 Å². The molecule has 27 heavy (non-hydrogen) atoms. The van der Waals surface area contributed by atoms with Gasteiger partial charge in [0.15, 0.2) is 0 Å². The van der Waals surface area contributed by atoms with Gasteiger partial charge >= 0.3 is 0 Å². The summed E-state index contributed by atoms with van der Waals surface area (Å²) in [5.74, 6) is 0.630. The second-order valence-electron chi connectivity index (χ2n) is 5.58. The maximum atomic E-state index is 9.06. The SMILES string of the molecule is COc1cccc2c(/C(=C/NCc3ccnn3CCO)N=N)nc(N)nc12. The lowest BCUT2D eigenvalue weighted by atomic mass is 10.1. The molecule has 0 saturated carbocycles. The minimum absolute atomic E-state index is 0.00581. The molecule has 0 amide bonds. The summed E-state index contributed by atoms with van der Waals surface area (Å²) in [4.78, 5) is 8.48. The number of hydrogen-bond acceptors (Lipinski definition) is 9. The standard InChI is InChI=1S/C17H20N8O2/c1-27-14-4-2-3-12-15(22-17(18)23-16(12)14)13(24-19)10-20-9-11-5-6-21-25(11)7-8-26/h2-6,10,19-20,26H,7-9H2,1H3,(H2,18,22,23)/b13-10-,24-19?. The summed E-state index contributed by atoms with van der Waals surface area (Å²) >= 11 is 0. The molecular formula is C17H20N8O2. The maximum absolute atomic E-state index is 9.06. The molecule has 0 spiro atoms. The summed E-state index contributed by atoms with van der Waals surface area (Å²) in [5.41, 5.74) is 15.5. The molecule has 140 valence electrons. The van der Waals surface area contributed by atoms with Gasteiger partial charge in [-0.2, -0.15) is 10.2 Å². The number of anilines is 1.